The van der Waals surface area contributed by atoms with Gasteiger partial charge in [-0.1, -0.05) is 0 Å². The van der Waals surface area contributed by atoms with Crippen molar-refractivity contribution >= 4 is 6.34 Å². The summed E-state index contributed by atoms with van der Waals surface area (Å²) in [6, 6.07) is 0. The van der Waals surface area contributed by atoms with Crippen LogP contribution in [0.5, 0.6) is 0 Å². The molecule has 0 aliphatic heterocycles. The van der Waals surface area contributed by atoms with E-state index in [1.807, 2.05) is 0 Å². The van der Waals surface area contributed by atoms with E-state index in [0.717, 1.165) is 6.20 Å². The maximum atomic E-state index is 10.0. The van der Waals surface area contributed by atoms with Crippen LogP contribution in [-0.2, 0) is 0 Å². The van der Waals surface area contributed by atoms with Gasteiger partial charge in [0.15, 0.2) is 5.82 Å². The van der Waals surface area contributed by atoms with Crippen molar-refractivity contribution in [3.8, 4) is 0 Å². The normalized spacial score (nSPS) is 11.8. The highest BCUT2D eigenvalue weighted by Crippen LogP contribution is 1.88. The van der Waals surface area contributed by atoms with Crippen LogP contribution in [0.2, 0.25) is 0 Å². The number of rotatable bonds is 4. The van der Waals surface area contributed by atoms with E-state index in [9.17, 15) is 10.1 Å². The largest absolute Gasteiger partial charge is 0.369 e. The molecule has 0 aromatic carbocycles. The van der Waals surface area contributed by atoms with Crippen molar-refractivity contribution in [3.05, 3.63) is 22.1 Å². The van der Waals surface area contributed by atoms with Crippen molar-refractivity contribution < 1.29 is 4.92 Å². The second-order valence-corrected chi connectivity index (χ2v) is 2.26. The molecule has 6 nitrogen and oxygen atoms in total. The number of nitrogens with zero attached hydrogens (tertiary/aromatic N) is 3. The van der Waals surface area contributed by atoms with Crippen molar-refractivity contribution in [3.63, 3.8) is 0 Å². The first-order valence-corrected chi connectivity index (χ1v) is 3.30. The summed E-state index contributed by atoms with van der Waals surface area (Å²) in [5.41, 5.74) is 0. The van der Waals surface area contributed by atoms with Gasteiger partial charge in [0.05, 0.1) is 11.3 Å². The Morgan fingerprint density at radius 2 is 2.25 bits per heavy atom. The van der Waals surface area contributed by atoms with Gasteiger partial charge in [-0.3, -0.25) is 10.1 Å². The number of hydrogen-bond acceptors (Lipinski definition) is 4. The predicted octanol–water partition coefficient (Wildman–Crippen LogP) is -0.129. The van der Waals surface area contributed by atoms with Crippen molar-refractivity contribution in [2.45, 2.75) is 0 Å². The zero-order chi connectivity index (χ0) is 9.56. The molecular weight excluding hydrogens is 160 g/mol. The van der Waals surface area contributed by atoms with Gasteiger partial charge in [-0.05, 0) is 0 Å². The average molecular weight is 172 g/mol. The molecule has 0 aromatic heterocycles. The lowest BCUT2D eigenvalue weighted by Crippen LogP contribution is -2.11. The number of aliphatic imine (C=N–C) groups is 1. The molecule has 0 fully saturated rings. The average Bonchev–Trinajstić information content (AvgIpc) is 1.97. The highest BCUT2D eigenvalue weighted by Gasteiger charge is 1.95. The molecule has 68 valence electrons. The van der Waals surface area contributed by atoms with Gasteiger partial charge in [0.25, 0.3) is 6.20 Å². The summed E-state index contributed by atoms with van der Waals surface area (Å²) in [6.07, 6.45) is 2.28. The third-order valence-corrected chi connectivity index (χ3v) is 0.912. The Balaban J connectivity index is 4.27. The molecule has 0 atom stereocenters. The monoisotopic (exact) mass is 172 g/mol. The standard InChI is InChI=1S/C6H12N4O2/c1-7-6(4-10(11)12)8-5-9(2)3/h4-5,7H,1-3H3. The van der Waals surface area contributed by atoms with Crippen LogP contribution in [0.3, 0.4) is 0 Å². The fourth-order valence-corrected chi connectivity index (χ4v) is 0.440. The maximum absolute atomic E-state index is 10.0. The molecule has 0 aliphatic carbocycles. The third-order valence-electron chi connectivity index (χ3n) is 0.912. The minimum atomic E-state index is -0.557. The Bertz CT molecular complexity index is 210. The number of hydrogen-bond donors (Lipinski definition) is 1. The van der Waals surface area contributed by atoms with E-state index in [1.54, 1.807) is 26.0 Å². The van der Waals surface area contributed by atoms with Gasteiger partial charge in [-0.25, -0.2) is 4.99 Å². The quantitative estimate of drug-likeness (QED) is 0.277. The van der Waals surface area contributed by atoms with Gasteiger partial charge in [0.2, 0.25) is 0 Å². The molecule has 0 aromatic rings. The van der Waals surface area contributed by atoms with E-state index >= 15 is 0 Å². The second kappa shape index (κ2) is 5.11. The van der Waals surface area contributed by atoms with E-state index in [2.05, 4.69) is 10.3 Å². The van der Waals surface area contributed by atoms with Gasteiger partial charge >= 0.3 is 0 Å². The van der Waals surface area contributed by atoms with Gasteiger partial charge in [-0.2, -0.15) is 0 Å². The van der Waals surface area contributed by atoms with Crippen LogP contribution in [0.4, 0.5) is 0 Å². The highest BCUT2D eigenvalue weighted by molar-refractivity contribution is 5.55. The van der Waals surface area contributed by atoms with Crippen molar-refractivity contribution in [2.75, 3.05) is 21.1 Å². The van der Waals surface area contributed by atoms with Crippen LogP contribution in [0.15, 0.2) is 17.0 Å². The van der Waals surface area contributed by atoms with E-state index in [1.165, 1.54) is 6.34 Å². The van der Waals surface area contributed by atoms with Crippen molar-refractivity contribution in [1.29, 1.82) is 0 Å². The van der Waals surface area contributed by atoms with E-state index < -0.39 is 4.92 Å². The molecule has 0 amide bonds. The molecule has 1 N–H and O–H groups in total. The summed E-state index contributed by atoms with van der Waals surface area (Å²) in [5, 5.41) is 12.6. The van der Waals surface area contributed by atoms with Crippen LogP contribution < -0.4 is 5.32 Å². The molecule has 0 saturated carbocycles. The number of nitrogens with one attached hydrogen (secondary N) is 1. The lowest BCUT2D eigenvalue weighted by Gasteiger charge is -2.02. The first-order chi connectivity index (χ1) is 5.56. The smallest absolute Gasteiger partial charge is 0.276 e. The van der Waals surface area contributed by atoms with Gasteiger partial charge < -0.3 is 10.2 Å². The minimum Gasteiger partial charge on any atom is -0.369 e. The number of nitro groups is 1. The topological polar surface area (TPSA) is 70.8 Å². The Kier molecular flexibility index (Phi) is 4.43. The summed E-state index contributed by atoms with van der Waals surface area (Å²) < 4.78 is 0. The SMILES string of the molecule is CNC(=C[N+](=O)[O-])N=CN(C)C. The van der Waals surface area contributed by atoms with Gasteiger partial charge in [0.1, 0.15) is 0 Å². The molecule has 0 heterocycles. The van der Waals surface area contributed by atoms with Crippen LogP contribution >= 0.6 is 0 Å². The molecule has 0 saturated heterocycles. The molecule has 6 heteroatoms. The van der Waals surface area contributed by atoms with E-state index in [-0.39, 0.29) is 5.82 Å². The molecular formula is C6H12N4O2. The summed E-state index contributed by atoms with van der Waals surface area (Å²) in [5.74, 6) is 0.216. The Morgan fingerprint density at radius 3 is 2.58 bits per heavy atom. The first-order valence-electron chi connectivity index (χ1n) is 3.30. The van der Waals surface area contributed by atoms with Crippen LogP contribution in [0.1, 0.15) is 0 Å². The molecule has 0 aliphatic rings. The van der Waals surface area contributed by atoms with Crippen molar-refractivity contribution in [2.24, 2.45) is 4.99 Å². The Hall–Kier alpha value is -1.59. The van der Waals surface area contributed by atoms with Crippen LogP contribution in [0, 0.1) is 10.1 Å². The summed E-state index contributed by atoms with van der Waals surface area (Å²) in [7, 11) is 5.13. The lowest BCUT2D eigenvalue weighted by molar-refractivity contribution is -0.403. The Morgan fingerprint density at radius 1 is 1.67 bits per heavy atom. The minimum absolute atomic E-state index is 0.216. The van der Waals surface area contributed by atoms with E-state index in [0.29, 0.717) is 0 Å². The van der Waals surface area contributed by atoms with Gasteiger partial charge in [0, 0.05) is 21.1 Å². The summed E-state index contributed by atoms with van der Waals surface area (Å²) >= 11 is 0. The molecule has 0 spiro atoms. The zero-order valence-electron chi connectivity index (χ0n) is 7.31. The second-order valence-electron chi connectivity index (χ2n) is 2.26. The van der Waals surface area contributed by atoms with Crippen molar-refractivity contribution in [1.82, 2.24) is 10.2 Å². The fourth-order valence-electron chi connectivity index (χ4n) is 0.440. The fraction of sp³-hybridized carbons (Fsp3) is 0.500. The summed E-state index contributed by atoms with van der Waals surface area (Å²) in [6.45, 7) is 0. The first kappa shape index (κ1) is 10.4. The molecule has 12 heavy (non-hydrogen) atoms. The van der Waals surface area contributed by atoms with Gasteiger partial charge in [-0.15, -0.1) is 0 Å². The third kappa shape index (κ3) is 5.21. The highest BCUT2D eigenvalue weighted by atomic mass is 16.6. The van der Waals surface area contributed by atoms with Crippen LogP contribution in [-0.4, -0.2) is 37.3 Å². The predicted molar refractivity (Wildman–Crippen MR) is 46.3 cm³/mol. The maximum Gasteiger partial charge on any atom is 0.276 e. The van der Waals surface area contributed by atoms with E-state index in [4.69, 9.17) is 0 Å². The lowest BCUT2D eigenvalue weighted by atomic mass is 10.7. The molecule has 0 rings (SSSR count). The Labute approximate surface area is 70.7 Å². The molecule has 0 bridgehead atoms. The molecule has 0 radical (unpaired) electrons. The zero-order valence-corrected chi connectivity index (χ0v) is 7.31. The van der Waals surface area contributed by atoms with Crippen LogP contribution in [0.25, 0.3) is 0 Å². The molecule has 0 unspecified atom stereocenters. The summed E-state index contributed by atoms with van der Waals surface area (Å²) in [4.78, 5) is 14.9.